The van der Waals surface area contributed by atoms with Crippen molar-refractivity contribution in [3.8, 4) is 0 Å². The van der Waals surface area contributed by atoms with Crippen LogP contribution in [0.25, 0.3) is 0 Å². The second-order valence-electron chi connectivity index (χ2n) is 4.91. The van der Waals surface area contributed by atoms with Crippen LogP contribution in [-0.2, 0) is 12.8 Å². The van der Waals surface area contributed by atoms with Crippen molar-refractivity contribution in [3.63, 3.8) is 0 Å². The van der Waals surface area contributed by atoms with Crippen LogP contribution in [0.1, 0.15) is 30.9 Å². The predicted molar refractivity (Wildman–Crippen MR) is 78.1 cm³/mol. The first-order chi connectivity index (χ1) is 9.06. The van der Waals surface area contributed by atoms with E-state index in [9.17, 15) is 4.79 Å². The Bertz CT molecular complexity index is 608. The highest BCUT2D eigenvalue weighted by atomic mass is 79.9. The van der Waals surface area contributed by atoms with E-state index in [-0.39, 0.29) is 5.56 Å². The van der Waals surface area contributed by atoms with Crippen LogP contribution >= 0.6 is 15.9 Å². The molecule has 2 heterocycles. The molecule has 5 heteroatoms. The van der Waals surface area contributed by atoms with Crippen LogP contribution in [0, 0.1) is 5.92 Å². The lowest BCUT2D eigenvalue weighted by atomic mass is 10.1. The molecule has 0 amide bonds. The van der Waals surface area contributed by atoms with E-state index in [4.69, 9.17) is 0 Å². The highest BCUT2D eigenvalue weighted by Gasteiger charge is 2.11. The molecule has 0 aromatic carbocycles. The van der Waals surface area contributed by atoms with E-state index in [0.717, 1.165) is 17.7 Å². The second-order valence-corrected chi connectivity index (χ2v) is 5.70. The van der Waals surface area contributed by atoms with E-state index in [0.29, 0.717) is 22.6 Å². The molecule has 0 aliphatic rings. The Balaban J connectivity index is 2.32. The molecule has 0 radical (unpaired) electrons. The minimum atomic E-state index is -0.121. The molecule has 0 aliphatic heterocycles. The fourth-order valence-electron chi connectivity index (χ4n) is 1.86. The molecule has 0 spiro atoms. The molecule has 0 atom stereocenters. The van der Waals surface area contributed by atoms with Gasteiger partial charge in [0, 0.05) is 18.8 Å². The number of rotatable bonds is 4. The van der Waals surface area contributed by atoms with Gasteiger partial charge in [0.25, 0.3) is 5.56 Å². The molecule has 0 saturated carbocycles. The van der Waals surface area contributed by atoms with Crippen molar-refractivity contribution < 1.29 is 0 Å². The number of pyridine rings is 1. The Labute approximate surface area is 120 Å². The molecule has 4 nitrogen and oxygen atoms in total. The molecule has 100 valence electrons. The molecule has 1 N–H and O–H groups in total. The van der Waals surface area contributed by atoms with Gasteiger partial charge in [-0.1, -0.05) is 19.9 Å². The van der Waals surface area contributed by atoms with Gasteiger partial charge >= 0.3 is 0 Å². The lowest BCUT2D eigenvalue weighted by molar-refractivity contribution is 0.627. The predicted octanol–water partition coefficient (Wildman–Crippen LogP) is 2.72. The third-order valence-corrected chi connectivity index (χ3v) is 3.49. The molecule has 0 aliphatic carbocycles. The van der Waals surface area contributed by atoms with E-state index < -0.39 is 0 Å². The van der Waals surface area contributed by atoms with Gasteiger partial charge in [0.05, 0.1) is 5.69 Å². The van der Waals surface area contributed by atoms with Gasteiger partial charge in [-0.25, -0.2) is 4.98 Å². The molecule has 0 bridgehead atoms. The lowest BCUT2D eigenvalue weighted by Gasteiger charge is -2.08. The van der Waals surface area contributed by atoms with Crippen molar-refractivity contribution in [2.24, 2.45) is 5.92 Å². The molecule has 2 aromatic heterocycles. The molecule has 0 unspecified atom stereocenters. The van der Waals surface area contributed by atoms with Crippen LogP contribution in [0.3, 0.4) is 0 Å². The van der Waals surface area contributed by atoms with Crippen LogP contribution in [0.2, 0.25) is 0 Å². The number of aromatic nitrogens is 3. The molecule has 19 heavy (non-hydrogen) atoms. The molecule has 2 rings (SSSR count). The van der Waals surface area contributed by atoms with Gasteiger partial charge in [0.15, 0.2) is 0 Å². The molecular formula is C14H16BrN3O. The summed E-state index contributed by atoms with van der Waals surface area (Å²) in [6.45, 7) is 4.21. The molecular weight excluding hydrogens is 306 g/mol. The lowest BCUT2D eigenvalue weighted by Crippen LogP contribution is -2.17. The van der Waals surface area contributed by atoms with Crippen LogP contribution in [0.15, 0.2) is 33.8 Å². The summed E-state index contributed by atoms with van der Waals surface area (Å²) < 4.78 is 0.538. The van der Waals surface area contributed by atoms with Crippen molar-refractivity contribution in [3.05, 3.63) is 56.4 Å². The Kier molecular flexibility index (Phi) is 4.47. The van der Waals surface area contributed by atoms with Crippen molar-refractivity contribution in [1.82, 2.24) is 15.0 Å². The number of hydrogen-bond acceptors (Lipinski definition) is 3. The van der Waals surface area contributed by atoms with E-state index >= 15 is 0 Å². The average molecular weight is 322 g/mol. The summed E-state index contributed by atoms with van der Waals surface area (Å²) in [5.41, 5.74) is 1.73. The first-order valence-corrected chi connectivity index (χ1v) is 7.02. The number of nitrogens with one attached hydrogen (secondary N) is 1. The summed E-state index contributed by atoms with van der Waals surface area (Å²) in [6.07, 6.45) is 4.88. The normalized spacial score (nSPS) is 10.9. The monoisotopic (exact) mass is 321 g/mol. The third kappa shape index (κ3) is 3.73. The zero-order chi connectivity index (χ0) is 13.8. The van der Waals surface area contributed by atoms with Crippen LogP contribution < -0.4 is 5.56 Å². The van der Waals surface area contributed by atoms with Crippen LogP contribution in [-0.4, -0.2) is 15.0 Å². The van der Waals surface area contributed by atoms with Crippen molar-refractivity contribution in [2.75, 3.05) is 0 Å². The molecule has 0 saturated heterocycles. The number of nitrogens with zero attached hydrogens (tertiary/aromatic N) is 2. The van der Waals surface area contributed by atoms with E-state index in [2.05, 4.69) is 44.7 Å². The van der Waals surface area contributed by atoms with E-state index in [1.54, 1.807) is 12.4 Å². The van der Waals surface area contributed by atoms with Gasteiger partial charge in [0.2, 0.25) is 0 Å². The fourth-order valence-corrected chi connectivity index (χ4v) is 2.21. The minimum absolute atomic E-state index is 0.121. The summed E-state index contributed by atoms with van der Waals surface area (Å²) in [7, 11) is 0. The average Bonchev–Trinajstić information content (AvgIpc) is 2.36. The first-order valence-electron chi connectivity index (χ1n) is 6.22. The maximum absolute atomic E-state index is 11.9. The van der Waals surface area contributed by atoms with Gasteiger partial charge in [0.1, 0.15) is 10.3 Å². The summed E-state index contributed by atoms with van der Waals surface area (Å²) in [4.78, 5) is 23.3. The fraction of sp³-hybridized carbons (Fsp3) is 0.357. The summed E-state index contributed by atoms with van der Waals surface area (Å²) in [5, 5.41) is 0. The zero-order valence-corrected chi connectivity index (χ0v) is 12.6. The summed E-state index contributed by atoms with van der Waals surface area (Å²) >= 11 is 3.31. The standard InChI is InChI=1S/C14H16BrN3O/c1-9(2)6-11-13(15)14(19)18-12(17-11)7-10-4-3-5-16-8-10/h3-5,8-9H,6-7H2,1-2H3,(H,17,18,19). The summed E-state index contributed by atoms with van der Waals surface area (Å²) in [5.74, 6) is 1.13. The second kappa shape index (κ2) is 6.10. The van der Waals surface area contributed by atoms with Crippen LogP contribution in [0.5, 0.6) is 0 Å². The van der Waals surface area contributed by atoms with Crippen molar-refractivity contribution in [2.45, 2.75) is 26.7 Å². The van der Waals surface area contributed by atoms with Gasteiger partial charge in [-0.05, 0) is 39.9 Å². The Hall–Kier alpha value is -1.49. The Morgan fingerprint density at radius 3 is 2.84 bits per heavy atom. The molecule has 2 aromatic rings. The first kappa shape index (κ1) is 13.9. The maximum Gasteiger partial charge on any atom is 0.265 e. The van der Waals surface area contributed by atoms with Gasteiger partial charge < -0.3 is 4.98 Å². The van der Waals surface area contributed by atoms with Gasteiger partial charge in [-0.3, -0.25) is 9.78 Å². The van der Waals surface area contributed by atoms with Gasteiger partial charge in [-0.2, -0.15) is 0 Å². The maximum atomic E-state index is 11.9. The Morgan fingerprint density at radius 1 is 1.42 bits per heavy atom. The highest BCUT2D eigenvalue weighted by Crippen LogP contribution is 2.14. The number of H-pyrrole nitrogens is 1. The zero-order valence-electron chi connectivity index (χ0n) is 11.0. The highest BCUT2D eigenvalue weighted by molar-refractivity contribution is 9.10. The van der Waals surface area contributed by atoms with Crippen molar-refractivity contribution in [1.29, 1.82) is 0 Å². The number of aromatic amines is 1. The SMILES string of the molecule is CC(C)Cc1nc(Cc2cccnc2)[nH]c(=O)c1Br. The molecule has 0 fully saturated rings. The van der Waals surface area contributed by atoms with E-state index in [1.807, 2.05) is 12.1 Å². The summed E-state index contributed by atoms with van der Waals surface area (Å²) in [6, 6.07) is 3.85. The Morgan fingerprint density at radius 2 is 2.21 bits per heavy atom. The topological polar surface area (TPSA) is 58.6 Å². The van der Waals surface area contributed by atoms with Crippen molar-refractivity contribution >= 4 is 15.9 Å². The van der Waals surface area contributed by atoms with Gasteiger partial charge in [-0.15, -0.1) is 0 Å². The minimum Gasteiger partial charge on any atom is -0.309 e. The van der Waals surface area contributed by atoms with Crippen LogP contribution in [0.4, 0.5) is 0 Å². The largest absolute Gasteiger partial charge is 0.309 e. The third-order valence-electron chi connectivity index (χ3n) is 2.68. The van der Waals surface area contributed by atoms with E-state index in [1.165, 1.54) is 0 Å². The quantitative estimate of drug-likeness (QED) is 0.941. The number of halogens is 1. The number of hydrogen-bond donors (Lipinski definition) is 1. The smallest absolute Gasteiger partial charge is 0.265 e.